The normalized spacial score (nSPS) is 17.6. The minimum Gasteiger partial charge on any atom is -0.450 e. The molecule has 1 saturated heterocycles. The van der Waals surface area contributed by atoms with Crippen molar-refractivity contribution < 1.29 is 14.3 Å². The highest BCUT2D eigenvalue weighted by atomic mass is 16.6. The van der Waals surface area contributed by atoms with Gasteiger partial charge in [0.25, 0.3) is 0 Å². The van der Waals surface area contributed by atoms with Crippen molar-refractivity contribution in [2.24, 2.45) is 0 Å². The van der Waals surface area contributed by atoms with Crippen molar-refractivity contribution >= 4 is 12.0 Å². The summed E-state index contributed by atoms with van der Waals surface area (Å²) in [7, 11) is 0. The van der Waals surface area contributed by atoms with E-state index < -0.39 is 0 Å². The van der Waals surface area contributed by atoms with Crippen molar-refractivity contribution in [3.8, 4) is 0 Å². The standard InChI is InChI=1S/C14H27N3O3/c1-4-11(3)16-13(18)10-15-12-6-8-17(9-7-12)14(19)20-5-2/h11-12,15H,4-10H2,1-3H3,(H,16,18). The summed E-state index contributed by atoms with van der Waals surface area (Å²) >= 11 is 0. The van der Waals surface area contributed by atoms with Crippen LogP contribution in [0.3, 0.4) is 0 Å². The zero-order chi connectivity index (χ0) is 15.0. The predicted molar refractivity (Wildman–Crippen MR) is 77.5 cm³/mol. The van der Waals surface area contributed by atoms with E-state index in [0.717, 1.165) is 19.3 Å². The Morgan fingerprint density at radius 3 is 2.50 bits per heavy atom. The molecular weight excluding hydrogens is 258 g/mol. The first-order valence-corrected chi connectivity index (χ1v) is 7.51. The van der Waals surface area contributed by atoms with Gasteiger partial charge in [-0.05, 0) is 33.1 Å². The van der Waals surface area contributed by atoms with Gasteiger partial charge in [0.2, 0.25) is 5.91 Å². The second kappa shape index (κ2) is 8.79. The molecule has 116 valence electrons. The van der Waals surface area contributed by atoms with Gasteiger partial charge >= 0.3 is 6.09 Å². The predicted octanol–water partition coefficient (Wildman–Crippen LogP) is 1.11. The fourth-order valence-electron chi connectivity index (χ4n) is 2.15. The van der Waals surface area contributed by atoms with Crippen LogP contribution in [-0.4, -0.2) is 55.2 Å². The minimum atomic E-state index is -0.236. The van der Waals surface area contributed by atoms with Gasteiger partial charge in [-0.2, -0.15) is 0 Å². The van der Waals surface area contributed by atoms with Gasteiger partial charge in [0.05, 0.1) is 13.2 Å². The lowest BCUT2D eigenvalue weighted by Gasteiger charge is -2.31. The summed E-state index contributed by atoms with van der Waals surface area (Å²) in [4.78, 5) is 24.9. The van der Waals surface area contributed by atoms with Gasteiger partial charge in [0.15, 0.2) is 0 Å². The molecule has 1 unspecified atom stereocenters. The van der Waals surface area contributed by atoms with Crippen LogP contribution in [0.5, 0.6) is 0 Å². The first-order valence-electron chi connectivity index (χ1n) is 7.51. The highest BCUT2D eigenvalue weighted by molar-refractivity contribution is 5.78. The monoisotopic (exact) mass is 285 g/mol. The average Bonchev–Trinajstić information content (AvgIpc) is 2.45. The number of hydrogen-bond acceptors (Lipinski definition) is 4. The van der Waals surface area contributed by atoms with Gasteiger partial charge in [0, 0.05) is 25.2 Å². The Hall–Kier alpha value is -1.30. The average molecular weight is 285 g/mol. The Morgan fingerprint density at radius 2 is 1.95 bits per heavy atom. The van der Waals surface area contributed by atoms with Gasteiger partial charge in [0.1, 0.15) is 0 Å². The lowest BCUT2D eigenvalue weighted by Crippen LogP contribution is -2.48. The molecule has 0 saturated carbocycles. The fourth-order valence-corrected chi connectivity index (χ4v) is 2.15. The summed E-state index contributed by atoms with van der Waals surface area (Å²) in [5.74, 6) is 0.0344. The number of likely N-dealkylation sites (tertiary alicyclic amines) is 1. The molecule has 0 radical (unpaired) electrons. The minimum absolute atomic E-state index is 0.0344. The molecule has 0 bridgehead atoms. The Bertz CT molecular complexity index is 315. The van der Waals surface area contributed by atoms with Gasteiger partial charge in [-0.1, -0.05) is 6.92 Å². The smallest absolute Gasteiger partial charge is 0.409 e. The van der Waals surface area contributed by atoms with Crippen LogP contribution in [-0.2, 0) is 9.53 Å². The number of carbonyl (C=O) groups excluding carboxylic acids is 2. The molecule has 1 fully saturated rings. The summed E-state index contributed by atoms with van der Waals surface area (Å²) in [6.07, 6.45) is 2.41. The Kier molecular flexibility index (Phi) is 7.36. The van der Waals surface area contributed by atoms with Crippen LogP contribution in [0.15, 0.2) is 0 Å². The van der Waals surface area contributed by atoms with Gasteiger partial charge < -0.3 is 20.3 Å². The molecule has 1 heterocycles. The molecule has 0 aromatic carbocycles. The number of piperidine rings is 1. The summed E-state index contributed by atoms with van der Waals surface area (Å²) < 4.78 is 4.97. The number of hydrogen-bond donors (Lipinski definition) is 2. The van der Waals surface area contributed by atoms with Crippen LogP contribution < -0.4 is 10.6 Å². The van der Waals surface area contributed by atoms with E-state index in [4.69, 9.17) is 4.74 Å². The van der Waals surface area contributed by atoms with Crippen molar-refractivity contribution in [3.63, 3.8) is 0 Å². The highest BCUT2D eigenvalue weighted by Crippen LogP contribution is 2.11. The van der Waals surface area contributed by atoms with Gasteiger partial charge in [-0.15, -0.1) is 0 Å². The Morgan fingerprint density at radius 1 is 1.30 bits per heavy atom. The molecular formula is C14H27N3O3. The van der Waals surface area contributed by atoms with Crippen molar-refractivity contribution in [3.05, 3.63) is 0 Å². The zero-order valence-corrected chi connectivity index (χ0v) is 12.8. The summed E-state index contributed by atoms with van der Waals surface area (Å²) in [5.41, 5.74) is 0. The Balaban J connectivity index is 2.19. The topological polar surface area (TPSA) is 70.7 Å². The van der Waals surface area contributed by atoms with E-state index in [9.17, 15) is 9.59 Å². The maximum Gasteiger partial charge on any atom is 0.409 e. The summed E-state index contributed by atoms with van der Waals surface area (Å²) in [5, 5.41) is 6.18. The number of carbonyl (C=O) groups is 2. The van der Waals surface area contributed by atoms with E-state index in [-0.39, 0.29) is 18.0 Å². The summed E-state index contributed by atoms with van der Waals surface area (Å²) in [6, 6.07) is 0.512. The molecule has 0 aromatic heterocycles. The maximum atomic E-state index is 11.7. The Labute approximate surface area is 121 Å². The summed E-state index contributed by atoms with van der Waals surface area (Å²) in [6.45, 7) is 7.97. The third kappa shape index (κ3) is 5.77. The number of amides is 2. The third-order valence-corrected chi connectivity index (χ3v) is 3.59. The quantitative estimate of drug-likeness (QED) is 0.767. The molecule has 1 aliphatic heterocycles. The van der Waals surface area contributed by atoms with Crippen LogP contribution in [0.1, 0.15) is 40.0 Å². The number of rotatable bonds is 6. The van der Waals surface area contributed by atoms with Crippen molar-refractivity contribution in [2.75, 3.05) is 26.2 Å². The molecule has 2 N–H and O–H groups in total. The van der Waals surface area contributed by atoms with Crippen LogP contribution >= 0.6 is 0 Å². The lowest BCUT2D eigenvalue weighted by molar-refractivity contribution is -0.121. The lowest BCUT2D eigenvalue weighted by atomic mass is 10.1. The number of ether oxygens (including phenoxy) is 1. The van der Waals surface area contributed by atoms with E-state index in [1.54, 1.807) is 4.90 Å². The van der Waals surface area contributed by atoms with Crippen LogP contribution in [0.4, 0.5) is 4.79 Å². The van der Waals surface area contributed by atoms with Gasteiger partial charge in [-0.25, -0.2) is 4.79 Å². The van der Waals surface area contributed by atoms with E-state index in [2.05, 4.69) is 10.6 Å². The van der Waals surface area contributed by atoms with Crippen molar-refractivity contribution in [1.29, 1.82) is 0 Å². The molecule has 1 aliphatic rings. The molecule has 2 amide bonds. The number of nitrogens with zero attached hydrogens (tertiary/aromatic N) is 1. The second-order valence-electron chi connectivity index (χ2n) is 5.22. The molecule has 6 heteroatoms. The van der Waals surface area contributed by atoms with Gasteiger partial charge in [-0.3, -0.25) is 4.79 Å². The van der Waals surface area contributed by atoms with E-state index in [0.29, 0.717) is 32.3 Å². The van der Waals surface area contributed by atoms with E-state index in [1.165, 1.54) is 0 Å². The largest absolute Gasteiger partial charge is 0.450 e. The molecule has 6 nitrogen and oxygen atoms in total. The first-order chi connectivity index (χ1) is 9.56. The first kappa shape index (κ1) is 16.8. The second-order valence-corrected chi connectivity index (χ2v) is 5.22. The van der Waals surface area contributed by atoms with E-state index in [1.807, 2.05) is 20.8 Å². The fraction of sp³-hybridized carbons (Fsp3) is 0.857. The van der Waals surface area contributed by atoms with Crippen molar-refractivity contribution in [2.45, 2.75) is 52.1 Å². The SMILES string of the molecule is CCOC(=O)N1CCC(NCC(=O)NC(C)CC)CC1. The van der Waals surface area contributed by atoms with Crippen LogP contribution in [0.2, 0.25) is 0 Å². The molecule has 20 heavy (non-hydrogen) atoms. The van der Waals surface area contributed by atoms with Crippen LogP contribution in [0.25, 0.3) is 0 Å². The third-order valence-electron chi connectivity index (χ3n) is 3.59. The van der Waals surface area contributed by atoms with E-state index >= 15 is 0 Å². The van der Waals surface area contributed by atoms with Crippen LogP contribution in [0, 0.1) is 0 Å². The molecule has 0 aliphatic carbocycles. The highest BCUT2D eigenvalue weighted by Gasteiger charge is 2.23. The molecule has 1 rings (SSSR count). The molecule has 0 aromatic rings. The molecule has 0 spiro atoms. The number of nitrogens with one attached hydrogen (secondary N) is 2. The van der Waals surface area contributed by atoms with Crippen molar-refractivity contribution in [1.82, 2.24) is 15.5 Å². The zero-order valence-electron chi connectivity index (χ0n) is 12.8. The molecule has 1 atom stereocenters. The maximum absolute atomic E-state index is 11.7.